The topological polar surface area (TPSA) is 80.6 Å². The van der Waals surface area contributed by atoms with Crippen LogP contribution in [0, 0.1) is 0 Å². The smallest absolute Gasteiger partial charge is 0.320 e. The van der Waals surface area contributed by atoms with Gasteiger partial charge in [-0.25, -0.2) is 4.98 Å². The molecule has 0 fully saturated rings. The fourth-order valence-corrected chi connectivity index (χ4v) is 2.72. The number of carbonyl (C=O) groups is 1. The molecule has 1 aromatic carbocycles. The first-order valence-electron chi connectivity index (χ1n) is 6.76. The summed E-state index contributed by atoms with van der Waals surface area (Å²) < 4.78 is 2.78. The van der Waals surface area contributed by atoms with E-state index in [4.69, 9.17) is 10.8 Å². The van der Waals surface area contributed by atoms with Crippen molar-refractivity contribution in [3.8, 4) is 11.3 Å². The molecular formula is C16H14BrN3O2. The lowest BCUT2D eigenvalue weighted by Crippen LogP contribution is -2.32. The van der Waals surface area contributed by atoms with E-state index in [0.717, 1.165) is 27.1 Å². The van der Waals surface area contributed by atoms with Crippen LogP contribution in [0.2, 0.25) is 0 Å². The van der Waals surface area contributed by atoms with E-state index in [1.165, 1.54) is 0 Å². The Bertz CT molecular complexity index is 830. The molecule has 112 valence electrons. The van der Waals surface area contributed by atoms with Gasteiger partial charge in [0, 0.05) is 22.7 Å². The van der Waals surface area contributed by atoms with Crippen molar-refractivity contribution in [3.05, 3.63) is 58.8 Å². The Hall–Kier alpha value is -2.18. The summed E-state index contributed by atoms with van der Waals surface area (Å²) in [4.78, 5) is 15.7. The van der Waals surface area contributed by atoms with E-state index in [0.29, 0.717) is 0 Å². The highest BCUT2D eigenvalue weighted by atomic mass is 79.9. The number of hydrogen-bond acceptors (Lipinski definition) is 3. The second-order valence-corrected chi connectivity index (χ2v) is 5.91. The van der Waals surface area contributed by atoms with Crippen molar-refractivity contribution in [1.29, 1.82) is 0 Å². The molecule has 2 aromatic heterocycles. The van der Waals surface area contributed by atoms with E-state index in [9.17, 15) is 4.79 Å². The lowest BCUT2D eigenvalue weighted by atomic mass is 10.1. The molecule has 2 heterocycles. The minimum absolute atomic E-state index is 0.206. The van der Waals surface area contributed by atoms with Gasteiger partial charge in [0.1, 0.15) is 11.7 Å². The Morgan fingerprint density at radius 1 is 1.27 bits per heavy atom. The van der Waals surface area contributed by atoms with Crippen molar-refractivity contribution in [2.45, 2.75) is 12.5 Å². The van der Waals surface area contributed by atoms with E-state index in [1.807, 2.05) is 53.1 Å². The minimum Gasteiger partial charge on any atom is -0.480 e. The van der Waals surface area contributed by atoms with E-state index < -0.39 is 12.0 Å². The lowest BCUT2D eigenvalue weighted by Gasteiger charge is -2.09. The van der Waals surface area contributed by atoms with E-state index in [2.05, 4.69) is 20.9 Å². The zero-order valence-electron chi connectivity index (χ0n) is 11.6. The first-order chi connectivity index (χ1) is 10.6. The molecule has 1 unspecified atom stereocenters. The fourth-order valence-electron chi connectivity index (χ4n) is 2.39. The average Bonchev–Trinajstić information content (AvgIpc) is 2.86. The molecule has 0 saturated carbocycles. The lowest BCUT2D eigenvalue weighted by molar-refractivity contribution is -0.138. The summed E-state index contributed by atoms with van der Waals surface area (Å²) in [5, 5.41) is 9.11. The summed E-state index contributed by atoms with van der Waals surface area (Å²) in [6.45, 7) is 0. The van der Waals surface area contributed by atoms with Crippen LogP contribution in [0.5, 0.6) is 0 Å². The highest BCUT2D eigenvalue weighted by Gasteiger charge is 2.20. The third kappa shape index (κ3) is 2.75. The quantitative estimate of drug-likeness (QED) is 0.750. The Labute approximate surface area is 135 Å². The number of aliphatic carboxylic acids is 1. The van der Waals surface area contributed by atoms with E-state index >= 15 is 0 Å². The van der Waals surface area contributed by atoms with Crippen molar-refractivity contribution >= 4 is 27.5 Å². The molecule has 3 rings (SSSR count). The third-order valence-electron chi connectivity index (χ3n) is 3.46. The SMILES string of the molecule is NC(Cc1c(-c2ccccc2)nc2ccc(Br)cn12)C(=O)O. The molecule has 0 aliphatic rings. The van der Waals surface area contributed by atoms with Crippen molar-refractivity contribution < 1.29 is 9.90 Å². The minimum atomic E-state index is -1.02. The number of pyridine rings is 1. The molecule has 0 bridgehead atoms. The van der Waals surface area contributed by atoms with Gasteiger partial charge in [0.25, 0.3) is 0 Å². The normalized spacial score (nSPS) is 12.5. The zero-order valence-corrected chi connectivity index (χ0v) is 13.2. The van der Waals surface area contributed by atoms with Crippen LogP contribution < -0.4 is 5.73 Å². The summed E-state index contributed by atoms with van der Waals surface area (Å²) in [5.74, 6) is -1.02. The van der Waals surface area contributed by atoms with Crippen LogP contribution in [0.4, 0.5) is 0 Å². The fraction of sp³-hybridized carbons (Fsp3) is 0.125. The molecule has 0 amide bonds. The van der Waals surface area contributed by atoms with Crippen LogP contribution in [0.1, 0.15) is 5.69 Å². The number of halogens is 1. The number of fused-ring (bicyclic) bond motifs is 1. The van der Waals surface area contributed by atoms with Gasteiger partial charge in [0.15, 0.2) is 0 Å². The highest BCUT2D eigenvalue weighted by molar-refractivity contribution is 9.10. The number of benzene rings is 1. The zero-order chi connectivity index (χ0) is 15.7. The summed E-state index contributed by atoms with van der Waals surface area (Å²) >= 11 is 3.43. The molecule has 3 aromatic rings. The van der Waals surface area contributed by atoms with Crippen molar-refractivity contribution in [3.63, 3.8) is 0 Å². The molecule has 1 atom stereocenters. The number of nitrogens with two attached hydrogens (primary N) is 1. The third-order valence-corrected chi connectivity index (χ3v) is 3.93. The molecule has 22 heavy (non-hydrogen) atoms. The second kappa shape index (κ2) is 5.90. The number of carboxylic acid groups (broad SMARTS) is 1. The van der Waals surface area contributed by atoms with Crippen LogP contribution in [0.25, 0.3) is 16.9 Å². The maximum atomic E-state index is 11.1. The van der Waals surface area contributed by atoms with E-state index in [-0.39, 0.29) is 6.42 Å². The molecule has 0 aliphatic carbocycles. The molecular weight excluding hydrogens is 346 g/mol. The van der Waals surface area contributed by atoms with Crippen LogP contribution >= 0.6 is 15.9 Å². The molecule has 0 spiro atoms. The van der Waals surface area contributed by atoms with Crippen LogP contribution in [-0.4, -0.2) is 26.5 Å². The van der Waals surface area contributed by atoms with Gasteiger partial charge in [0.05, 0.1) is 11.4 Å². The van der Waals surface area contributed by atoms with Gasteiger partial charge in [-0.1, -0.05) is 30.3 Å². The van der Waals surface area contributed by atoms with Crippen LogP contribution in [-0.2, 0) is 11.2 Å². The number of rotatable bonds is 4. The van der Waals surface area contributed by atoms with Crippen LogP contribution in [0.3, 0.4) is 0 Å². The van der Waals surface area contributed by atoms with Gasteiger partial charge in [0.2, 0.25) is 0 Å². The van der Waals surface area contributed by atoms with Crippen molar-refractivity contribution in [2.75, 3.05) is 0 Å². The monoisotopic (exact) mass is 359 g/mol. The Balaban J connectivity index is 2.20. The maximum absolute atomic E-state index is 11.1. The largest absolute Gasteiger partial charge is 0.480 e. The van der Waals surface area contributed by atoms with Crippen molar-refractivity contribution in [2.24, 2.45) is 5.73 Å². The standard InChI is InChI=1S/C16H14BrN3O2/c17-11-6-7-14-19-15(10-4-2-1-3-5-10)13(20(14)9-11)8-12(18)16(21)22/h1-7,9,12H,8,18H2,(H,21,22). The van der Waals surface area contributed by atoms with Gasteiger partial charge in [-0.15, -0.1) is 0 Å². The Morgan fingerprint density at radius 2 is 2.00 bits per heavy atom. The summed E-state index contributed by atoms with van der Waals surface area (Å²) in [7, 11) is 0. The summed E-state index contributed by atoms with van der Waals surface area (Å²) in [6, 6.07) is 12.5. The van der Waals surface area contributed by atoms with Gasteiger partial charge in [-0.05, 0) is 28.1 Å². The maximum Gasteiger partial charge on any atom is 0.320 e. The molecule has 0 saturated heterocycles. The number of carboxylic acids is 1. The Morgan fingerprint density at radius 3 is 2.68 bits per heavy atom. The second-order valence-electron chi connectivity index (χ2n) is 5.00. The Kier molecular flexibility index (Phi) is 3.96. The number of nitrogens with zero attached hydrogens (tertiary/aromatic N) is 2. The van der Waals surface area contributed by atoms with E-state index in [1.54, 1.807) is 0 Å². The number of aromatic nitrogens is 2. The highest BCUT2D eigenvalue weighted by Crippen LogP contribution is 2.26. The predicted octanol–water partition coefficient (Wildman–Crippen LogP) is 2.72. The summed E-state index contributed by atoms with van der Waals surface area (Å²) in [5.41, 5.74) is 8.98. The van der Waals surface area contributed by atoms with Crippen molar-refractivity contribution in [1.82, 2.24) is 9.38 Å². The molecule has 0 aliphatic heterocycles. The summed E-state index contributed by atoms with van der Waals surface area (Å²) in [6.07, 6.45) is 2.08. The number of hydrogen-bond donors (Lipinski definition) is 2. The van der Waals surface area contributed by atoms with Gasteiger partial charge in [-0.3, -0.25) is 4.79 Å². The molecule has 6 heteroatoms. The van der Waals surface area contributed by atoms with Gasteiger partial charge >= 0.3 is 5.97 Å². The first kappa shape index (κ1) is 14.7. The molecule has 0 radical (unpaired) electrons. The first-order valence-corrected chi connectivity index (χ1v) is 7.56. The van der Waals surface area contributed by atoms with Gasteiger partial charge in [-0.2, -0.15) is 0 Å². The predicted molar refractivity (Wildman–Crippen MR) is 87.6 cm³/mol. The number of imidazole rings is 1. The van der Waals surface area contributed by atoms with Crippen LogP contribution in [0.15, 0.2) is 53.1 Å². The average molecular weight is 360 g/mol. The van der Waals surface area contributed by atoms with Gasteiger partial charge < -0.3 is 15.2 Å². The molecule has 5 nitrogen and oxygen atoms in total. The molecule has 3 N–H and O–H groups in total.